The number of allylic oxidation sites excluding steroid dienone is 1. The highest BCUT2D eigenvalue weighted by atomic mass is 32.2. The number of carbonyl (C=O) groups is 1. The van der Waals surface area contributed by atoms with Gasteiger partial charge >= 0.3 is 0 Å². The van der Waals surface area contributed by atoms with E-state index >= 15 is 0 Å². The standard InChI is InChI=1S/C18H20P.C10H16O4S/c1-16-12-13-19(14-16,18-10-6-3-7-11-18)15-17-8-4-2-5-9-17;1-9(2)7-3-4-10(9,8(11)5-7)6-15(12,13)14/h2-11,14H,12-13,15H2,1H3;7H,3-6H2,1-2H3,(H,12,13,14)/q+1;. The fourth-order valence-corrected chi connectivity index (χ4v) is 12.0. The molecule has 0 spiro atoms. The second-order valence-electron chi connectivity index (χ2n) is 10.9. The van der Waals surface area contributed by atoms with E-state index in [1.54, 1.807) is 10.9 Å². The van der Waals surface area contributed by atoms with E-state index < -0.39 is 28.5 Å². The van der Waals surface area contributed by atoms with Crippen LogP contribution in [0, 0.1) is 16.7 Å². The molecule has 2 aromatic carbocycles. The lowest BCUT2D eigenvalue weighted by atomic mass is 9.70. The van der Waals surface area contributed by atoms with Gasteiger partial charge in [-0.15, -0.1) is 0 Å². The zero-order chi connectivity index (χ0) is 24.6. The molecule has 1 aliphatic heterocycles. The van der Waals surface area contributed by atoms with Crippen molar-refractivity contribution in [3.8, 4) is 0 Å². The molecule has 3 aliphatic rings. The summed E-state index contributed by atoms with van der Waals surface area (Å²) in [5.74, 6) is 2.51. The van der Waals surface area contributed by atoms with Gasteiger partial charge in [0, 0.05) is 12.8 Å². The third-order valence-corrected chi connectivity index (χ3v) is 13.6. The lowest BCUT2D eigenvalue weighted by molar-refractivity contribution is -0.128. The van der Waals surface area contributed by atoms with E-state index in [1.165, 1.54) is 24.3 Å². The first-order chi connectivity index (χ1) is 16.0. The van der Waals surface area contributed by atoms with Gasteiger partial charge in [-0.05, 0) is 54.4 Å². The molecule has 6 heteroatoms. The molecule has 0 saturated heterocycles. The fourth-order valence-electron chi connectivity index (χ4n) is 6.40. The molecular weight excluding hydrogens is 463 g/mol. The highest BCUT2D eigenvalue weighted by Gasteiger charge is 2.65. The van der Waals surface area contributed by atoms with Crippen molar-refractivity contribution in [3.05, 3.63) is 77.6 Å². The first kappa shape index (κ1) is 25.3. The molecule has 34 heavy (non-hydrogen) atoms. The Morgan fingerprint density at radius 3 is 2.12 bits per heavy atom. The van der Waals surface area contributed by atoms with E-state index in [0.29, 0.717) is 12.8 Å². The molecule has 2 aromatic rings. The maximum absolute atomic E-state index is 11.9. The van der Waals surface area contributed by atoms with Crippen molar-refractivity contribution in [1.29, 1.82) is 0 Å². The van der Waals surface area contributed by atoms with Crippen LogP contribution < -0.4 is 5.30 Å². The van der Waals surface area contributed by atoms with Crippen LogP contribution in [-0.2, 0) is 21.1 Å². The van der Waals surface area contributed by atoms with Gasteiger partial charge in [-0.1, -0.05) is 62.4 Å². The Labute approximate surface area is 205 Å². The second-order valence-corrected chi connectivity index (χ2v) is 15.9. The number of Topliss-reactive ketones (excluding diaryl/α,β-unsaturated/α-hetero) is 1. The molecule has 2 aliphatic carbocycles. The van der Waals surface area contributed by atoms with Crippen LogP contribution in [0.25, 0.3) is 0 Å². The van der Waals surface area contributed by atoms with Crippen LogP contribution in [0.4, 0.5) is 0 Å². The Bertz CT molecular complexity index is 1170. The monoisotopic (exact) mass is 499 g/mol. The smallest absolute Gasteiger partial charge is 0.265 e. The van der Waals surface area contributed by atoms with Crippen molar-refractivity contribution in [2.75, 3.05) is 11.9 Å². The van der Waals surface area contributed by atoms with Gasteiger partial charge in [-0.25, -0.2) is 0 Å². The number of hydrogen-bond acceptors (Lipinski definition) is 3. The van der Waals surface area contributed by atoms with Gasteiger partial charge in [0.2, 0.25) is 0 Å². The number of benzene rings is 2. The predicted octanol–water partition coefficient (Wildman–Crippen LogP) is 6.11. The molecule has 0 radical (unpaired) electrons. The van der Waals surface area contributed by atoms with E-state index in [9.17, 15) is 13.2 Å². The minimum Gasteiger partial charge on any atom is -0.299 e. The summed E-state index contributed by atoms with van der Waals surface area (Å²) in [6.07, 6.45) is 5.81. The maximum atomic E-state index is 11.9. The molecule has 2 fully saturated rings. The summed E-state index contributed by atoms with van der Waals surface area (Å²) in [7, 11) is -5.22. The van der Waals surface area contributed by atoms with Gasteiger partial charge in [-0.3, -0.25) is 9.35 Å². The van der Waals surface area contributed by atoms with Crippen LogP contribution in [-0.4, -0.2) is 30.7 Å². The summed E-state index contributed by atoms with van der Waals surface area (Å²) >= 11 is 0. The van der Waals surface area contributed by atoms with Crippen molar-refractivity contribution < 1.29 is 17.8 Å². The van der Waals surface area contributed by atoms with Crippen molar-refractivity contribution in [2.24, 2.45) is 16.7 Å². The molecule has 5 rings (SSSR count). The van der Waals surface area contributed by atoms with Crippen molar-refractivity contribution >= 4 is 28.5 Å². The summed E-state index contributed by atoms with van der Waals surface area (Å²) in [6.45, 7) is 6.18. The van der Waals surface area contributed by atoms with Crippen LogP contribution in [0.5, 0.6) is 0 Å². The van der Waals surface area contributed by atoms with Crippen LogP contribution >= 0.6 is 7.26 Å². The largest absolute Gasteiger partial charge is 0.299 e. The van der Waals surface area contributed by atoms with Crippen molar-refractivity contribution in [2.45, 2.75) is 52.6 Å². The fraction of sp³-hybridized carbons (Fsp3) is 0.464. The molecular formula is C28H36O4PS+. The van der Waals surface area contributed by atoms with Gasteiger partial charge in [0.25, 0.3) is 10.1 Å². The normalized spacial score (nSPS) is 29.5. The molecule has 0 amide bonds. The Morgan fingerprint density at radius 1 is 1.03 bits per heavy atom. The van der Waals surface area contributed by atoms with Gasteiger partial charge in [0.05, 0.1) is 41.9 Å². The Hall–Kier alpha value is -1.81. The van der Waals surface area contributed by atoms with Crippen molar-refractivity contribution in [3.63, 3.8) is 0 Å². The van der Waals surface area contributed by atoms with Crippen LogP contribution in [0.1, 0.15) is 52.0 Å². The number of carbonyl (C=O) groups excluding carboxylic acids is 1. The SMILES string of the molecule is CC1(C)C2CCC1(CS(=O)(=O)O)C(=O)C2.CC1=C[P+](Cc2ccccc2)(c2ccccc2)CC1. The van der Waals surface area contributed by atoms with Crippen LogP contribution in [0.3, 0.4) is 0 Å². The van der Waals surface area contributed by atoms with E-state index in [0.717, 1.165) is 6.42 Å². The highest BCUT2D eigenvalue weighted by Crippen LogP contribution is 2.66. The van der Waals surface area contributed by atoms with Gasteiger partial charge in [0.1, 0.15) is 5.78 Å². The highest BCUT2D eigenvalue weighted by molar-refractivity contribution is 7.86. The van der Waals surface area contributed by atoms with E-state index in [1.807, 2.05) is 13.8 Å². The first-order valence-corrected chi connectivity index (χ1v) is 15.9. The maximum Gasteiger partial charge on any atom is 0.265 e. The molecule has 3 unspecified atom stereocenters. The van der Waals surface area contributed by atoms with Crippen molar-refractivity contribution in [1.82, 2.24) is 0 Å². The summed E-state index contributed by atoms with van der Waals surface area (Å²) in [4.78, 5) is 11.9. The lowest BCUT2D eigenvalue weighted by Crippen LogP contribution is -2.42. The zero-order valence-electron chi connectivity index (χ0n) is 20.4. The van der Waals surface area contributed by atoms with E-state index in [2.05, 4.69) is 73.4 Å². The third kappa shape index (κ3) is 4.80. The average molecular weight is 500 g/mol. The lowest BCUT2D eigenvalue weighted by Gasteiger charge is -2.35. The molecule has 3 atom stereocenters. The number of rotatable bonds is 5. The van der Waals surface area contributed by atoms with Gasteiger partial charge in [0.15, 0.2) is 0 Å². The Kier molecular flexibility index (Phi) is 6.94. The molecule has 0 aromatic heterocycles. The molecule has 182 valence electrons. The minimum absolute atomic E-state index is 0.0152. The average Bonchev–Trinajstić information content (AvgIpc) is 3.33. The molecule has 1 N–H and O–H groups in total. The first-order valence-electron chi connectivity index (χ1n) is 12.1. The summed E-state index contributed by atoms with van der Waals surface area (Å²) in [5.41, 5.74) is 1.93. The Balaban J connectivity index is 0.000000166. The summed E-state index contributed by atoms with van der Waals surface area (Å²) in [5, 5.41) is 1.57. The Morgan fingerprint density at radius 2 is 1.65 bits per heavy atom. The van der Waals surface area contributed by atoms with Gasteiger partial charge < -0.3 is 0 Å². The molecule has 2 bridgehead atoms. The zero-order valence-corrected chi connectivity index (χ0v) is 22.1. The van der Waals surface area contributed by atoms with E-state index in [-0.39, 0.29) is 17.1 Å². The number of ketones is 1. The summed E-state index contributed by atoms with van der Waals surface area (Å²) < 4.78 is 31.0. The predicted molar refractivity (Wildman–Crippen MR) is 141 cm³/mol. The molecule has 4 nitrogen and oxygen atoms in total. The third-order valence-electron chi connectivity index (χ3n) is 8.52. The van der Waals surface area contributed by atoms with Gasteiger partial charge in [-0.2, -0.15) is 8.42 Å². The van der Waals surface area contributed by atoms with Crippen LogP contribution in [0.2, 0.25) is 0 Å². The summed E-state index contributed by atoms with van der Waals surface area (Å²) in [6, 6.07) is 22.1. The van der Waals surface area contributed by atoms with E-state index in [4.69, 9.17) is 4.55 Å². The number of hydrogen-bond donors (Lipinski definition) is 1. The second kappa shape index (κ2) is 9.33. The minimum atomic E-state index is -4.08. The number of fused-ring (bicyclic) bond motifs is 2. The molecule has 1 heterocycles. The van der Waals surface area contributed by atoms with Crippen LogP contribution in [0.15, 0.2) is 72.1 Å². The molecule has 2 saturated carbocycles. The topological polar surface area (TPSA) is 71.4 Å². The quantitative estimate of drug-likeness (QED) is 0.398.